The fraction of sp³-hybridized carbons (Fsp3) is 0.333. The second kappa shape index (κ2) is 6.01. The molecule has 118 valence electrons. The summed E-state index contributed by atoms with van der Waals surface area (Å²) in [5.41, 5.74) is 3.41. The summed E-state index contributed by atoms with van der Waals surface area (Å²) in [5, 5.41) is 4.03. The molecular formula is C18H20N4O. The normalized spacial score (nSPS) is 18.6. The van der Waals surface area contributed by atoms with Crippen molar-refractivity contribution in [1.82, 2.24) is 19.6 Å². The van der Waals surface area contributed by atoms with Crippen LogP contribution in [0.5, 0.6) is 0 Å². The predicted octanol–water partition coefficient (Wildman–Crippen LogP) is 3.51. The lowest BCUT2D eigenvalue weighted by Crippen LogP contribution is -2.22. The van der Waals surface area contributed by atoms with Gasteiger partial charge < -0.3 is 9.09 Å². The van der Waals surface area contributed by atoms with E-state index >= 15 is 0 Å². The van der Waals surface area contributed by atoms with E-state index < -0.39 is 0 Å². The molecule has 1 atom stereocenters. The van der Waals surface area contributed by atoms with Crippen LogP contribution in [-0.2, 0) is 6.54 Å². The minimum absolute atomic E-state index is 0.351. The first-order valence-corrected chi connectivity index (χ1v) is 8.04. The zero-order valence-electron chi connectivity index (χ0n) is 13.2. The number of hydrogen-bond acceptors (Lipinski definition) is 4. The minimum Gasteiger partial charge on any atom is -0.359 e. The van der Waals surface area contributed by atoms with Gasteiger partial charge in [0.25, 0.3) is 0 Å². The standard InChI is InChI=1S/C18H20N4O/c1-14-11-18(23-20-14)17-3-2-9-21(17)12-15-4-6-16(7-5-15)22-10-8-19-13-22/h4-8,10-11,13,17H,2-3,9,12H2,1H3/t17-/m0/s1. The molecule has 0 unspecified atom stereocenters. The van der Waals surface area contributed by atoms with Crippen molar-refractivity contribution in [1.29, 1.82) is 0 Å². The van der Waals surface area contributed by atoms with Crippen molar-refractivity contribution >= 4 is 0 Å². The van der Waals surface area contributed by atoms with E-state index in [-0.39, 0.29) is 0 Å². The molecule has 1 fully saturated rings. The van der Waals surface area contributed by atoms with Crippen LogP contribution in [-0.4, -0.2) is 26.2 Å². The summed E-state index contributed by atoms with van der Waals surface area (Å²) in [6.07, 6.45) is 7.91. The average Bonchev–Trinajstić information content (AvgIpc) is 3.29. The molecule has 5 nitrogen and oxygen atoms in total. The van der Waals surface area contributed by atoms with Crippen molar-refractivity contribution in [3.63, 3.8) is 0 Å². The molecular weight excluding hydrogens is 288 g/mol. The Labute approximate surface area is 135 Å². The van der Waals surface area contributed by atoms with Crippen molar-refractivity contribution in [2.45, 2.75) is 32.4 Å². The lowest BCUT2D eigenvalue weighted by Gasteiger charge is -2.22. The topological polar surface area (TPSA) is 47.1 Å². The summed E-state index contributed by atoms with van der Waals surface area (Å²) < 4.78 is 7.50. The Morgan fingerprint density at radius 1 is 1.26 bits per heavy atom. The second-order valence-electron chi connectivity index (χ2n) is 6.14. The number of rotatable bonds is 4. The first-order valence-electron chi connectivity index (χ1n) is 8.04. The number of imidazole rings is 1. The first kappa shape index (κ1) is 14.2. The maximum absolute atomic E-state index is 5.48. The third kappa shape index (κ3) is 2.92. The van der Waals surface area contributed by atoms with Crippen LogP contribution in [0, 0.1) is 6.92 Å². The van der Waals surface area contributed by atoms with Crippen LogP contribution in [0.3, 0.4) is 0 Å². The Hall–Kier alpha value is -2.40. The maximum Gasteiger partial charge on any atom is 0.154 e. The van der Waals surface area contributed by atoms with E-state index in [1.54, 1.807) is 6.20 Å². The zero-order valence-corrected chi connectivity index (χ0v) is 13.2. The van der Waals surface area contributed by atoms with E-state index in [4.69, 9.17) is 4.52 Å². The van der Waals surface area contributed by atoms with Gasteiger partial charge in [-0.15, -0.1) is 0 Å². The van der Waals surface area contributed by atoms with Gasteiger partial charge in [-0.25, -0.2) is 4.98 Å². The Kier molecular flexibility index (Phi) is 3.71. The fourth-order valence-corrected chi connectivity index (χ4v) is 3.30. The van der Waals surface area contributed by atoms with E-state index in [9.17, 15) is 0 Å². The summed E-state index contributed by atoms with van der Waals surface area (Å²) in [6.45, 7) is 4.02. The molecule has 0 N–H and O–H groups in total. The smallest absolute Gasteiger partial charge is 0.154 e. The number of benzene rings is 1. The number of likely N-dealkylation sites (tertiary alicyclic amines) is 1. The largest absolute Gasteiger partial charge is 0.359 e. The van der Waals surface area contributed by atoms with Crippen LogP contribution in [0.4, 0.5) is 0 Å². The summed E-state index contributed by atoms with van der Waals surface area (Å²) in [6, 6.07) is 11.1. The van der Waals surface area contributed by atoms with E-state index in [0.29, 0.717) is 6.04 Å². The van der Waals surface area contributed by atoms with Crippen LogP contribution in [0.2, 0.25) is 0 Å². The monoisotopic (exact) mass is 308 g/mol. The van der Waals surface area contributed by atoms with E-state index in [2.05, 4.69) is 45.4 Å². The quantitative estimate of drug-likeness (QED) is 0.740. The van der Waals surface area contributed by atoms with Gasteiger partial charge in [-0.1, -0.05) is 17.3 Å². The Morgan fingerprint density at radius 2 is 2.13 bits per heavy atom. The van der Waals surface area contributed by atoms with Crippen molar-refractivity contribution in [3.8, 4) is 5.69 Å². The molecule has 2 aromatic heterocycles. The van der Waals surface area contributed by atoms with Gasteiger partial charge in [0.05, 0.1) is 18.1 Å². The van der Waals surface area contributed by atoms with Gasteiger partial charge in [-0.3, -0.25) is 4.90 Å². The van der Waals surface area contributed by atoms with Crippen LogP contribution in [0.25, 0.3) is 5.69 Å². The van der Waals surface area contributed by atoms with Crippen LogP contribution in [0.1, 0.15) is 35.9 Å². The lowest BCUT2D eigenvalue weighted by atomic mass is 10.1. The Morgan fingerprint density at radius 3 is 2.83 bits per heavy atom. The van der Waals surface area contributed by atoms with E-state index in [0.717, 1.165) is 36.7 Å². The summed E-state index contributed by atoms with van der Waals surface area (Å²) in [5.74, 6) is 0.995. The minimum atomic E-state index is 0.351. The average molecular weight is 308 g/mol. The van der Waals surface area contributed by atoms with Crippen LogP contribution >= 0.6 is 0 Å². The molecule has 4 rings (SSSR count). The fourth-order valence-electron chi connectivity index (χ4n) is 3.30. The van der Waals surface area contributed by atoms with Crippen molar-refractivity contribution in [3.05, 3.63) is 66.1 Å². The number of aromatic nitrogens is 3. The third-order valence-electron chi connectivity index (χ3n) is 4.46. The summed E-state index contributed by atoms with van der Waals surface area (Å²) in [4.78, 5) is 6.57. The highest BCUT2D eigenvalue weighted by Gasteiger charge is 2.28. The van der Waals surface area contributed by atoms with Gasteiger partial charge in [-0.05, 0) is 44.0 Å². The Balaban J connectivity index is 1.49. The van der Waals surface area contributed by atoms with Gasteiger partial charge in [0.2, 0.25) is 0 Å². The molecule has 0 spiro atoms. The molecule has 1 aliphatic heterocycles. The molecule has 1 aliphatic rings. The molecule has 0 saturated carbocycles. The predicted molar refractivity (Wildman–Crippen MR) is 87.2 cm³/mol. The van der Waals surface area contributed by atoms with Gasteiger partial charge in [0.1, 0.15) is 0 Å². The lowest BCUT2D eigenvalue weighted by molar-refractivity contribution is 0.206. The number of nitrogens with zero attached hydrogens (tertiary/aromatic N) is 4. The molecule has 0 amide bonds. The van der Waals surface area contributed by atoms with Crippen molar-refractivity contribution < 1.29 is 4.52 Å². The molecule has 3 heterocycles. The SMILES string of the molecule is Cc1cc([C@@H]2CCCN2Cc2ccc(-n3ccnc3)cc2)on1. The van der Waals surface area contributed by atoms with Gasteiger partial charge in [0, 0.05) is 30.7 Å². The second-order valence-corrected chi connectivity index (χ2v) is 6.14. The highest BCUT2D eigenvalue weighted by atomic mass is 16.5. The molecule has 23 heavy (non-hydrogen) atoms. The van der Waals surface area contributed by atoms with E-state index in [1.165, 1.54) is 12.0 Å². The molecule has 3 aromatic rings. The highest BCUT2D eigenvalue weighted by Crippen LogP contribution is 2.33. The third-order valence-corrected chi connectivity index (χ3v) is 4.46. The van der Waals surface area contributed by atoms with Gasteiger partial charge in [0.15, 0.2) is 5.76 Å². The molecule has 0 radical (unpaired) electrons. The molecule has 0 aliphatic carbocycles. The first-order chi connectivity index (χ1) is 11.3. The molecule has 1 aromatic carbocycles. The molecule has 5 heteroatoms. The number of hydrogen-bond donors (Lipinski definition) is 0. The van der Waals surface area contributed by atoms with Gasteiger partial charge >= 0.3 is 0 Å². The maximum atomic E-state index is 5.48. The van der Waals surface area contributed by atoms with Crippen molar-refractivity contribution in [2.75, 3.05) is 6.54 Å². The van der Waals surface area contributed by atoms with E-state index in [1.807, 2.05) is 24.0 Å². The van der Waals surface area contributed by atoms with Gasteiger partial charge in [-0.2, -0.15) is 0 Å². The molecule has 0 bridgehead atoms. The Bertz CT molecular complexity index is 761. The highest BCUT2D eigenvalue weighted by molar-refractivity contribution is 5.34. The summed E-state index contributed by atoms with van der Waals surface area (Å²) in [7, 11) is 0. The molecule has 1 saturated heterocycles. The van der Waals surface area contributed by atoms with Crippen LogP contribution < -0.4 is 0 Å². The number of aryl methyl sites for hydroxylation is 1. The zero-order chi connectivity index (χ0) is 15.6. The van der Waals surface area contributed by atoms with Crippen LogP contribution in [0.15, 0.2) is 53.6 Å². The summed E-state index contributed by atoms with van der Waals surface area (Å²) >= 11 is 0. The van der Waals surface area contributed by atoms with Crippen molar-refractivity contribution in [2.24, 2.45) is 0 Å².